The molecule has 1 atom stereocenters. The molecule has 1 fully saturated rings. The second kappa shape index (κ2) is 7.75. The highest BCUT2D eigenvalue weighted by Crippen LogP contribution is 2.15. The van der Waals surface area contributed by atoms with E-state index in [1.54, 1.807) is 12.4 Å². The summed E-state index contributed by atoms with van der Waals surface area (Å²) in [5.74, 6) is 1.09. The Morgan fingerprint density at radius 3 is 2.80 bits per heavy atom. The maximum atomic E-state index is 12.4. The lowest BCUT2D eigenvalue weighted by Crippen LogP contribution is -2.35. The summed E-state index contributed by atoms with van der Waals surface area (Å²) in [6, 6.07) is 1.62. The lowest BCUT2D eigenvalue weighted by Gasteiger charge is -2.25. The minimum Gasteiger partial charge on any atom is -0.379 e. The van der Waals surface area contributed by atoms with Crippen molar-refractivity contribution in [3.63, 3.8) is 0 Å². The Balaban J connectivity index is 1.60. The maximum absolute atomic E-state index is 12.4. The molecule has 25 heavy (non-hydrogen) atoms. The molecule has 9 heteroatoms. The number of ether oxygens (including phenoxy) is 1. The molecular formula is C16H24N6O3. The zero-order valence-corrected chi connectivity index (χ0v) is 14.8. The Morgan fingerprint density at radius 2 is 2.08 bits per heavy atom. The third kappa shape index (κ3) is 4.23. The van der Waals surface area contributed by atoms with Crippen molar-refractivity contribution in [3.05, 3.63) is 29.7 Å². The predicted molar refractivity (Wildman–Crippen MR) is 88.9 cm³/mol. The minimum atomic E-state index is -0.289. The zero-order chi connectivity index (χ0) is 17.8. The van der Waals surface area contributed by atoms with Crippen LogP contribution in [0.5, 0.6) is 0 Å². The van der Waals surface area contributed by atoms with Gasteiger partial charge in [0.15, 0.2) is 17.3 Å². The van der Waals surface area contributed by atoms with Crippen LogP contribution in [-0.2, 0) is 11.3 Å². The van der Waals surface area contributed by atoms with E-state index >= 15 is 0 Å². The van der Waals surface area contributed by atoms with Crippen LogP contribution in [0.3, 0.4) is 0 Å². The normalized spacial score (nSPS) is 17.0. The number of nitrogens with one attached hydrogen (secondary N) is 1. The number of hydrogen-bond donors (Lipinski definition) is 1. The summed E-state index contributed by atoms with van der Waals surface area (Å²) in [7, 11) is 0. The van der Waals surface area contributed by atoms with E-state index in [0.717, 1.165) is 26.3 Å². The standard InChI is InChI=1S/C16H24N6O3/c1-11(2)22-10-17-19-15(22)12(3)18-16(23)14-8-13(25-20-14)9-21-4-6-24-7-5-21/h8,10-12H,4-7,9H2,1-3H3,(H,18,23)/t12-/m1/s1. The van der Waals surface area contributed by atoms with Gasteiger partial charge in [0.1, 0.15) is 6.33 Å². The summed E-state index contributed by atoms with van der Waals surface area (Å²) in [6.07, 6.45) is 1.67. The van der Waals surface area contributed by atoms with Gasteiger partial charge in [-0.25, -0.2) is 0 Å². The zero-order valence-electron chi connectivity index (χ0n) is 14.8. The first-order valence-electron chi connectivity index (χ1n) is 8.50. The minimum absolute atomic E-state index is 0.219. The smallest absolute Gasteiger partial charge is 0.274 e. The van der Waals surface area contributed by atoms with Crippen LogP contribution in [-0.4, -0.2) is 57.0 Å². The highest BCUT2D eigenvalue weighted by Gasteiger charge is 2.21. The summed E-state index contributed by atoms with van der Waals surface area (Å²) in [5, 5.41) is 14.8. The summed E-state index contributed by atoms with van der Waals surface area (Å²) in [4.78, 5) is 14.6. The highest BCUT2D eigenvalue weighted by molar-refractivity contribution is 5.92. The van der Waals surface area contributed by atoms with Crippen molar-refractivity contribution < 1.29 is 14.1 Å². The Hall–Kier alpha value is -2.26. The van der Waals surface area contributed by atoms with E-state index in [9.17, 15) is 4.79 Å². The largest absolute Gasteiger partial charge is 0.379 e. The number of rotatable bonds is 6. The van der Waals surface area contributed by atoms with Gasteiger partial charge in [-0.3, -0.25) is 9.69 Å². The first-order chi connectivity index (χ1) is 12.0. The highest BCUT2D eigenvalue weighted by atomic mass is 16.5. The second-order valence-corrected chi connectivity index (χ2v) is 6.45. The Morgan fingerprint density at radius 1 is 1.32 bits per heavy atom. The third-order valence-corrected chi connectivity index (χ3v) is 4.17. The molecule has 136 valence electrons. The van der Waals surface area contributed by atoms with E-state index in [1.807, 2.05) is 25.3 Å². The fourth-order valence-electron chi connectivity index (χ4n) is 2.77. The Kier molecular flexibility index (Phi) is 5.44. The predicted octanol–water partition coefficient (Wildman–Crippen LogP) is 1.17. The van der Waals surface area contributed by atoms with E-state index in [0.29, 0.717) is 18.1 Å². The molecule has 1 amide bonds. The molecule has 1 saturated heterocycles. The van der Waals surface area contributed by atoms with Crippen LogP contribution in [0.25, 0.3) is 0 Å². The number of nitrogens with zero attached hydrogens (tertiary/aromatic N) is 5. The van der Waals surface area contributed by atoms with Crippen molar-refractivity contribution in [3.8, 4) is 0 Å². The molecule has 2 aromatic rings. The molecule has 1 aliphatic rings. The van der Waals surface area contributed by atoms with Gasteiger partial charge in [-0.2, -0.15) is 0 Å². The summed E-state index contributed by atoms with van der Waals surface area (Å²) >= 11 is 0. The van der Waals surface area contributed by atoms with Crippen LogP contribution in [0.4, 0.5) is 0 Å². The summed E-state index contributed by atoms with van der Waals surface area (Å²) in [6.45, 7) is 9.71. The van der Waals surface area contributed by atoms with Gasteiger partial charge < -0.3 is 19.1 Å². The van der Waals surface area contributed by atoms with E-state index < -0.39 is 0 Å². The number of carbonyl (C=O) groups excluding carboxylic acids is 1. The number of aromatic nitrogens is 4. The monoisotopic (exact) mass is 348 g/mol. The number of amides is 1. The van der Waals surface area contributed by atoms with E-state index in [2.05, 4.69) is 25.6 Å². The quantitative estimate of drug-likeness (QED) is 0.836. The summed E-state index contributed by atoms with van der Waals surface area (Å²) in [5.41, 5.74) is 0.269. The molecule has 1 aliphatic heterocycles. The Bertz CT molecular complexity index is 704. The van der Waals surface area contributed by atoms with Crippen LogP contribution >= 0.6 is 0 Å². The molecule has 0 unspecified atom stereocenters. The molecule has 2 aromatic heterocycles. The molecule has 0 bridgehead atoms. The first-order valence-corrected chi connectivity index (χ1v) is 8.50. The van der Waals surface area contributed by atoms with Gasteiger partial charge >= 0.3 is 0 Å². The van der Waals surface area contributed by atoms with Crippen molar-refractivity contribution in [2.75, 3.05) is 26.3 Å². The molecule has 0 aliphatic carbocycles. The molecule has 1 N–H and O–H groups in total. The van der Waals surface area contributed by atoms with Gasteiger partial charge in [-0.15, -0.1) is 10.2 Å². The van der Waals surface area contributed by atoms with E-state index in [-0.39, 0.29) is 23.7 Å². The second-order valence-electron chi connectivity index (χ2n) is 6.45. The van der Waals surface area contributed by atoms with Crippen molar-refractivity contribution in [1.82, 2.24) is 30.1 Å². The third-order valence-electron chi connectivity index (χ3n) is 4.17. The van der Waals surface area contributed by atoms with Crippen molar-refractivity contribution in [2.45, 2.75) is 39.4 Å². The first kappa shape index (κ1) is 17.6. The van der Waals surface area contributed by atoms with Crippen LogP contribution < -0.4 is 5.32 Å². The molecule has 0 saturated carbocycles. The van der Waals surface area contributed by atoms with E-state index in [1.165, 1.54) is 0 Å². The average molecular weight is 348 g/mol. The molecule has 0 aromatic carbocycles. The van der Waals surface area contributed by atoms with Crippen molar-refractivity contribution in [1.29, 1.82) is 0 Å². The van der Waals surface area contributed by atoms with Crippen molar-refractivity contribution >= 4 is 5.91 Å². The van der Waals surface area contributed by atoms with Crippen LogP contribution in [0.1, 0.15) is 54.9 Å². The molecule has 3 rings (SSSR count). The van der Waals surface area contributed by atoms with Crippen LogP contribution in [0, 0.1) is 0 Å². The molecule has 0 radical (unpaired) electrons. The molecule has 3 heterocycles. The van der Waals surface area contributed by atoms with Gasteiger partial charge in [0, 0.05) is 25.2 Å². The molecule has 9 nitrogen and oxygen atoms in total. The topological polar surface area (TPSA) is 98.3 Å². The molecule has 0 spiro atoms. The van der Waals surface area contributed by atoms with Crippen LogP contribution in [0.15, 0.2) is 16.9 Å². The number of hydrogen-bond acceptors (Lipinski definition) is 7. The summed E-state index contributed by atoms with van der Waals surface area (Å²) < 4.78 is 12.5. The fourth-order valence-corrected chi connectivity index (χ4v) is 2.77. The fraction of sp³-hybridized carbons (Fsp3) is 0.625. The maximum Gasteiger partial charge on any atom is 0.274 e. The van der Waals surface area contributed by atoms with Gasteiger partial charge in [0.25, 0.3) is 5.91 Å². The van der Waals surface area contributed by atoms with Gasteiger partial charge in [0.2, 0.25) is 0 Å². The van der Waals surface area contributed by atoms with Gasteiger partial charge in [0.05, 0.1) is 25.8 Å². The SMILES string of the molecule is CC(C)n1cnnc1[C@@H](C)NC(=O)c1cc(CN2CCOCC2)on1. The number of carbonyl (C=O) groups is 1. The lowest BCUT2D eigenvalue weighted by molar-refractivity contribution is 0.0305. The van der Waals surface area contributed by atoms with E-state index in [4.69, 9.17) is 9.26 Å². The average Bonchev–Trinajstić information content (AvgIpc) is 3.25. The van der Waals surface area contributed by atoms with Crippen molar-refractivity contribution in [2.24, 2.45) is 0 Å². The van der Waals surface area contributed by atoms with Gasteiger partial charge in [-0.1, -0.05) is 5.16 Å². The Labute approximate surface area is 146 Å². The molecular weight excluding hydrogens is 324 g/mol. The number of morpholine rings is 1. The van der Waals surface area contributed by atoms with Crippen LogP contribution in [0.2, 0.25) is 0 Å². The van der Waals surface area contributed by atoms with Gasteiger partial charge in [-0.05, 0) is 20.8 Å². The lowest BCUT2D eigenvalue weighted by atomic mass is 10.2.